The normalized spacial score (nSPS) is 14.5. The third-order valence-corrected chi connectivity index (χ3v) is 6.53. The van der Waals surface area contributed by atoms with Crippen LogP contribution in [0.2, 0.25) is 0 Å². The molecule has 0 aliphatic carbocycles. The Hall–Kier alpha value is -3.06. The molecule has 0 saturated carbocycles. The van der Waals surface area contributed by atoms with E-state index in [2.05, 4.69) is 33.1 Å². The summed E-state index contributed by atoms with van der Waals surface area (Å²) in [6.07, 6.45) is 5.59. The maximum Gasteiger partial charge on any atom is 0.203 e. The minimum atomic E-state index is 0.635. The van der Waals surface area contributed by atoms with Crippen LogP contribution in [0.4, 0.5) is 5.69 Å². The Kier molecular flexibility index (Phi) is 7.50. The largest absolute Gasteiger partial charge is 0.497 e. The van der Waals surface area contributed by atoms with Gasteiger partial charge in [0.2, 0.25) is 5.75 Å². The van der Waals surface area contributed by atoms with Crippen molar-refractivity contribution in [2.75, 3.05) is 66.1 Å². The fraction of sp³-hybridized carbons (Fsp3) is 0.462. The first-order valence-corrected chi connectivity index (χ1v) is 11.6. The van der Waals surface area contributed by atoms with Gasteiger partial charge in [-0.15, -0.1) is 0 Å². The summed E-state index contributed by atoms with van der Waals surface area (Å²) in [5.41, 5.74) is 3.66. The molecule has 1 saturated heterocycles. The van der Waals surface area contributed by atoms with Gasteiger partial charge in [-0.2, -0.15) is 0 Å². The first kappa shape index (κ1) is 23.1. The van der Waals surface area contributed by atoms with Crippen LogP contribution in [0.25, 0.3) is 10.9 Å². The molecule has 0 spiro atoms. The molecule has 2 aromatic carbocycles. The molecule has 0 bridgehead atoms. The van der Waals surface area contributed by atoms with E-state index in [4.69, 9.17) is 18.9 Å². The molecule has 0 amide bonds. The highest BCUT2D eigenvalue weighted by Crippen LogP contribution is 2.41. The van der Waals surface area contributed by atoms with E-state index in [0.29, 0.717) is 17.2 Å². The Morgan fingerprint density at radius 3 is 2.18 bits per heavy atom. The highest BCUT2D eigenvalue weighted by Gasteiger charge is 2.21. The molecule has 0 atom stereocenters. The zero-order valence-corrected chi connectivity index (χ0v) is 20.1. The van der Waals surface area contributed by atoms with E-state index in [0.717, 1.165) is 50.6 Å². The SMILES string of the molecule is COc1ccc2[nH]cc(CCCCN3CCN(c4cc(OC)c(OC)c(OC)c4)CC3)c2c1. The summed E-state index contributed by atoms with van der Waals surface area (Å²) in [5, 5.41) is 1.27. The van der Waals surface area contributed by atoms with Crippen LogP contribution in [0, 0.1) is 0 Å². The van der Waals surface area contributed by atoms with Crippen LogP contribution >= 0.6 is 0 Å². The number of piperazine rings is 1. The van der Waals surface area contributed by atoms with Gasteiger partial charge in [0.25, 0.3) is 0 Å². The van der Waals surface area contributed by atoms with Crippen LogP contribution in [-0.4, -0.2) is 71.0 Å². The molecule has 4 rings (SSSR count). The molecule has 1 aliphatic heterocycles. The monoisotopic (exact) mass is 453 g/mol. The minimum Gasteiger partial charge on any atom is -0.497 e. The van der Waals surface area contributed by atoms with Gasteiger partial charge in [0.1, 0.15) is 5.75 Å². The number of fused-ring (bicyclic) bond motifs is 1. The van der Waals surface area contributed by atoms with Crippen molar-refractivity contribution in [2.45, 2.75) is 19.3 Å². The zero-order chi connectivity index (χ0) is 23.2. The van der Waals surface area contributed by atoms with Crippen LogP contribution in [0.15, 0.2) is 36.5 Å². The van der Waals surface area contributed by atoms with Gasteiger partial charge in [-0.05, 0) is 49.6 Å². The summed E-state index contributed by atoms with van der Waals surface area (Å²) in [4.78, 5) is 8.33. The smallest absolute Gasteiger partial charge is 0.203 e. The number of anilines is 1. The summed E-state index contributed by atoms with van der Waals surface area (Å²) in [6.45, 7) is 5.22. The van der Waals surface area contributed by atoms with Crippen LogP contribution in [0.3, 0.4) is 0 Å². The second-order valence-corrected chi connectivity index (χ2v) is 8.39. The summed E-state index contributed by atoms with van der Waals surface area (Å²) in [6, 6.07) is 10.3. The zero-order valence-electron chi connectivity index (χ0n) is 20.1. The molecule has 2 heterocycles. The Bertz CT molecular complexity index is 1030. The lowest BCUT2D eigenvalue weighted by molar-refractivity contribution is 0.253. The molecule has 1 N–H and O–H groups in total. The number of methoxy groups -OCH3 is 4. The van der Waals surface area contributed by atoms with Crippen molar-refractivity contribution < 1.29 is 18.9 Å². The van der Waals surface area contributed by atoms with Crippen molar-refractivity contribution in [3.8, 4) is 23.0 Å². The molecule has 7 nitrogen and oxygen atoms in total. The van der Waals surface area contributed by atoms with E-state index in [1.54, 1.807) is 28.4 Å². The van der Waals surface area contributed by atoms with Gasteiger partial charge in [0, 0.05) is 61.1 Å². The fourth-order valence-electron chi connectivity index (χ4n) is 4.62. The first-order chi connectivity index (χ1) is 16.2. The number of aryl methyl sites for hydroxylation is 1. The van der Waals surface area contributed by atoms with E-state index in [-0.39, 0.29) is 0 Å². The molecule has 3 aromatic rings. The van der Waals surface area contributed by atoms with Gasteiger partial charge < -0.3 is 28.8 Å². The van der Waals surface area contributed by atoms with Crippen molar-refractivity contribution in [3.05, 3.63) is 42.1 Å². The Morgan fingerprint density at radius 2 is 1.55 bits per heavy atom. The number of nitrogens with one attached hydrogen (secondary N) is 1. The lowest BCUT2D eigenvalue weighted by Crippen LogP contribution is -2.46. The number of hydrogen-bond donors (Lipinski definition) is 1. The third-order valence-electron chi connectivity index (χ3n) is 6.53. The van der Waals surface area contributed by atoms with Gasteiger partial charge in [-0.3, -0.25) is 4.90 Å². The van der Waals surface area contributed by atoms with Gasteiger partial charge in [0.05, 0.1) is 28.4 Å². The second-order valence-electron chi connectivity index (χ2n) is 8.39. The average Bonchev–Trinajstić information content (AvgIpc) is 3.28. The summed E-state index contributed by atoms with van der Waals surface area (Å²) < 4.78 is 21.9. The predicted octanol–water partition coefficient (Wildman–Crippen LogP) is 4.35. The second kappa shape index (κ2) is 10.7. The van der Waals surface area contributed by atoms with Crippen molar-refractivity contribution in [1.82, 2.24) is 9.88 Å². The number of aromatic nitrogens is 1. The molecular formula is C26H35N3O4. The molecule has 1 aliphatic rings. The highest BCUT2D eigenvalue weighted by molar-refractivity contribution is 5.84. The summed E-state index contributed by atoms with van der Waals surface area (Å²) in [7, 11) is 6.67. The first-order valence-electron chi connectivity index (χ1n) is 11.6. The van der Waals surface area contributed by atoms with Crippen molar-refractivity contribution in [3.63, 3.8) is 0 Å². The number of aromatic amines is 1. The van der Waals surface area contributed by atoms with Crippen molar-refractivity contribution in [1.29, 1.82) is 0 Å². The number of rotatable bonds is 10. The molecular weight excluding hydrogens is 418 g/mol. The number of ether oxygens (including phenoxy) is 4. The summed E-state index contributed by atoms with van der Waals surface area (Å²) in [5.74, 6) is 2.94. The Labute approximate surface area is 196 Å². The third kappa shape index (κ3) is 5.14. The quantitative estimate of drug-likeness (QED) is 0.461. The molecule has 33 heavy (non-hydrogen) atoms. The number of benzene rings is 2. The van der Waals surface area contributed by atoms with Crippen molar-refractivity contribution in [2.24, 2.45) is 0 Å². The van der Waals surface area contributed by atoms with E-state index < -0.39 is 0 Å². The Balaban J connectivity index is 1.26. The maximum absolute atomic E-state index is 5.52. The van der Waals surface area contributed by atoms with Crippen LogP contribution < -0.4 is 23.8 Å². The van der Waals surface area contributed by atoms with E-state index in [1.165, 1.54) is 29.3 Å². The fourth-order valence-corrected chi connectivity index (χ4v) is 4.62. The highest BCUT2D eigenvalue weighted by atomic mass is 16.5. The lowest BCUT2D eigenvalue weighted by Gasteiger charge is -2.36. The molecule has 1 aromatic heterocycles. The molecule has 1 fully saturated rings. The van der Waals surface area contributed by atoms with E-state index in [9.17, 15) is 0 Å². The predicted molar refractivity (Wildman–Crippen MR) is 133 cm³/mol. The number of hydrogen-bond acceptors (Lipinski definition) is 6. The number of unbranched alkanes of at least 4 members (excludes halogenated alkanes) is 1. The minimum absolute atomic E-state index is 0.635. The van der Waals surface area contributed by atoms with Gasteiger partial charge >= 0.3 is 0 Å². The van der Waals surface area contributed by atoms with Crippen LogP contribution in [0.1, 0.15) is 18.4 Å². The van der Waals surface area contributed by atoms with Crippen LogP contribution in [-0.2, 0) is 6.42 Å². The van der Waals surface area contributed by atoms with Crippen LogP contribution in [0.5, 0.6) is 23.0 Å². The van der Waals surface area contributed by atoms with E-state index >= 15 is 0 Å². The van der Waals surface area contributed by atoms with Gasteiger partial charge in [-0.1, -0.05) is 0 Å². The topological polar surface area (TPSA) is 59.2 Å². The number of H-pyrrole nitrogens is 1. The lowest BCUT2D eigenvalue weighted by atomic mass is 10.1. The number of nitrogens with zero attached hydrogens (tertiary/aromatic N) is 2. The summed E-state index contributed by atoms with van der Waals surface area (Å²) >= 11 is 0. The Morgan fingerprint density at radius 1 is 0.818 bits per heavy atom. The van der Waals surface area contributed by atoms with Gasteiger partial charge in [-0.25, -0.2) is 0 Å². The average molecular weight is 454 g/mol. The molecule has 0 radical (unpaired) electrons. The maximum atomic E-state index is 5.52. The van der Waals surface area contributed by atoms with Gasteiger partial charge in [0.15, 0.2) is 11.5 Å². The standard InChI is InChI=1S/C26H35N3O4/c1-30-21-8-9-23-22(17-21)19(18-27-23)7-5-6-10-28-11-13-29(14-12-28)20-15-24(31-2)26(33-4)25(16-20)32-3/h8-9,15-18,27H,5-7,10-14H2,1-4H3. The molecule has 178 valence electrons. The molecule has 7 heteroatoms. The molecule has 0 unspecified atom stereocenters. The van der Waals surface area contributed by atoms with E-state index in [1.807, 2.05) is 18.2 Å². The van der Waals surface area contributed by atoms with Crippen molar-refractivity contribution >= 4 is 16.6 Å².